The zero-order valence-corrected chi connectivity index (χ0v) is 11.1. The highest BCUT2D eigenvalue weighted by atomic mass is 16.5. The lowest BCUT2D eigenvalue weighted by Gasteiger charge is -2.04. The summed E-state index contributed by atoms with van der Waals surface area (Å²) < 4.78 is 5.38. The number of benzene rings is 2. The number of aromatic amines is 1. The molecule has 19 heavy (non-hydrogen) atoms. The van der Waals surface area contributed by atoms with E-state index in [0.717, 1.165) is 34.6 Å². The summed E-state index contributed by atoms with van der Waals surface area (Å²) in [6, 6.07) is 14.2. The van der Waals surface area contributed by atoms with Gasteiger partial charge in [-0.25, -0.2) is 4.98 Å². The zero-order valence-electron chi connectivity index (χ0n) is 11.1. The van der Waals surface area contributed by atoms with Crippen molar-refractivity contribution in [2.45, 2.75) is 13.3 Å². The molecule has 0 radical (unpaired) electrons. The number of para-hydroxylation sites is 1. The predicted molar refractivity (Wildman–Crippen MR) is 77.5 cm³/mol. The molecule has 0 amide bonds. The van der Waals surface area contributed by atoms with Gasteiger partial charge >= 0.3 is 0 Å². The maximum atomic E-state index is 5.38. The number of nitrogens with one attached hydrogen (secondary N) is 1. The van der Waals surface area contributed by atoms with Gasteiger partial charge in [-0.15, -0.1) is 0 Å². The van der Waals surface area contributed by atoms with Gasteiger partial charge in [-0.1, -0.05) is 25.1 Å². The van der Waals surface area contributed by atoms with Crippen LogP contribution in [0, 0.1) is 0 Å². The fraction of sp³-hybridized carbons (Fsp3) is 0.188. The van der Waals surface area contributed by atoms with Crippen molar-refractivity contribution in [2.75, 3.05) is 7.11 Å². The van der Waals surface area contributed by atoms with Crippen LogP contribution < -0.4 is 4.74 Å². The normalized spacial score (nSPS) is 10.8. The fourth-order valence-corrected chi connectivity index (χ4v) is 2.24. The van der Waals surface area contributed by atoms with Crippen LogP contribution in [0.5, 0.6) is 5.75 Å². The van der Waals surface area contributed by atoms with Crippen LogP contribution in [0.2, 0.25) is 0 Å². The lowest BCUT2D eigenvalue weighted by Crippen LogP contribution is -1.88. The van der Waals surface area contributed by atoms with Gasteiger partial charge in [-0.05, 0) is 36.2 Å². The number of aryl methyl sites for hydroxylation is 1. The first-order valence-electron chi connectivity index (χ1n) is 6.44. The standard InChI is InChI=1S/C16H16N2O/c1-3-11-8-9-13-14(10-11)18-16(17-13)12-6-4-5-7-15(12)19-2/h4-10H,3H2,1-2H3,(H,17,18). The average molecular weight is 252 g/mol. The first kappa shape index (κ1) is 11.8. The Morgan fingerprint density at radius 3 is 2.79 bits per heavy atom. The molecule has 0 saturated heterocycles. The molecule has 3 aromatic rings. The number of aromatic nitrogens is 2. The minimum Gasteiger partial charge on any atom is -0.496 e. The summed E-state index contributed by atoms with van der Waals surface area (Å²) in [5.74, 6) is 1.68. The molecule has 1 N–H and O–H groups in total. The van der Waals surface area contributed by atoms with Gasteiger partial charge in [0.15, 0.2) is 0 Å². The van der Waals surface area contributed by atoms with Gasteiger partial charge in [0.05, 0.1) is 23.7 Å². The van der Waals surface area contributed by atoms with Crippen molar-refractivity contribution in [3.63, 3.8) is 0 Å². The maximum Gasteiger partial charge on any atom is 0.142 e. The molecule has 0 unspecified atom stereocenters. The first-order chi connectivity index (χ1) is 9.31. The minimum atomic E-state index is 0.831. The molecule has 0 spiro atoms. The van der Waals surface area contributed by atoms with Crippen molar-refractivity contribution >= 4 is 11.0 Å². The number of rotatable bonds is 3. The van der Waals surface area contributed by atoms with E-state index in [1.54, 1.807) is 7.11 Å². The molecule has 1 heterocycles. The van der Waals surface area contributed by atoms with E-state index in [2.05, 4.69) is 35.1 Å². The van der Waals surface area contributed by atoms with Crippen molar-refractivity contribution in [3.8, 4) is 17.1 Å². The molecular formula is C16H16N2O. The lowest BCUT2D eigenvalue weighted by molar-refractivity contribution is 0.416. The molecule has 3 heteroatoms. The number of H-pyrrole nitrogens is 1. The Morgan fingerprint density at radius 2 is 2.00 bits per heavy atom. The second-order valence-corrected chi connectivity index (χ2v) is 4.49. The Balaban J connectivity index is 2.15. The van der Waals surface area contributed by atoms with E-state index in [0.29, 0.717) is 0 Å². The summed E-state index contributed by atoms with van der Waals surface area (Å²) in [6.07, 6.45) is 1.03. The smallest absolute Gasteiger partial charge is 0.142 e. The summed E-state index contributed by atoms with van der Waals surface area (Å²) in [5, 5.41) is 0. The third-order valence-electron chi connectivity index (χ3n) is 3.32. The van der Waals surface area contributed by atoms with Gasteiger partial charge in [-0.3, -0.25) is 0 Å². The van der Waals surface area contributed by atoms with Crippen molar-refractivity contribution in [2.24, 2.45) is 0 Å². The van der Waals surface area contributed by atoms with E-state index in [4.69, 9.17) is 4.74 Å². The molecule has 2 aromatic carbocycles. The predicted octanol–water partition coefficient (Wildman–Crippen LogP) is 3.80. The first-order valence-corrected chi connectivity index (χ1v) is 6.44. The Morgan fingerprint density at radius 1 is 1.16 bits per heavy atom. The van der Waals surface area contributed by atoms with Crippen LogP contribution in [0.1, 0.15) is 12.5 Å². The van der Waals surface area contributed by atoms with Crippen molar-refractivity contribution in [1.29, 1.82) is 0 Å². The van der Waals surface area contributed by atoms with Gasteiger partial charge in [0.25, 0.3) is 0 Å². The number of hydrogen-bond acceptors (Lipinski definition) is 2. The van der Waals surface area contributed by atoms with E-state index in [-0.39, 0.29) is 0 Å². The molecule has 96 valence electrons. The highest BCUT2D eigenvalue weighted by molar-refractivity contribution is 5.81. The fourth-order valence-electron chi connectivity index (χ4n) is 2.24. The maximum absolute atomic E-state index is 5.38. The molecule has 3 nitrogen and oxygen atoms in total. The van der Waals surface area contributed by atoms with Crippen LogP contribution in [0.4, 0.5) is 0 Å². The van der Waals surface area contributed by atoms with Gasteiger partial charge in [-0.2, -0.15) is 0 Å². The van der Waals surface area contributed by atoms with Crippen LogP contribution in [0.25, 0.3) is 22.4 Å². The summed E-state index contributed by atoms with van der Waals surface area (Å²) >= 11 is 0. The Hall–Kier alpha value is -2.29. The molecule has 0 aliphatic carbocycles. The number of nitrogens with zero attached hydrogens (tertiary/aromatic N) is 1. The molecule has 1 aromatic heterocycles. The van der Waals surface area contributed by atoms with Gasteiger partial charge in [0, 0.05) is 0 Å². The summed E-state index contributed by atoms with van der Waals surface area (Å²) in [4.78, 5) is 8.00. The molecule has 0 atom stereocenters. The highest BCUT2D eigenvalue weighted by Gasteiger charge is 2.09. The van der Waals surface area contributed by atoms with Crippen molar-refractivity contribution < 1.29 is 4.74 Å². The third kappa shape index (κ3) is 2.08. The zero-order chi connectivity index (χ0) is 13.2. The molecule has 3 rings (SSSR count). The van der Waals surface area contributed by atoms with E-state index < -0.39 is 0 Å². The van der Waals surface area contributed by atoms with Crippen molar-refractivity contribution in [3.05, 3.63) is 48.0 Å². The van der Waals surface area contributed by atoms with Crippen LogP contribution in [-0.2, 0) is 6.42 Å². The summed E-state index contributed by atoms with van der Waals surface area (Å²) in [5.41, 5.74) is 4.35. The third-order valence-corrected chi connectivity index (χ3v) is 3.32. The molecular weight excluding hydrogens is 236 g/mol. The summed E-state index contributed by atoms with van der Waals surface area (Å²) in [6.45, 7) is 2.15. The van der Waals surface area contributed by atoms with Crippen LogP contribution >= 0.6 is 0 Å². The molecule has 0 aliphatic rings. The van der Waals surface area contributed by atoms with Crippen molar-refractivity contribution in [1.82, 2.24) is 9.97 Å². The number of hydrogen-bond donors (Lipinski definition) is 1. The largest absolute Gasteiger partial charge is 0.496 e. The van der Waals surface area contributed by atoms with Crippen LogP contribution in [0.15, 0.2) is 42.5 Å². The molecule has 0 aliphatic heterocycles. The van der Waals surface area contributed by atoms with Crippen LogP contribution in [0.3, 0.4) is 0 Å². The molecule has 0 saturated carbocycles. The number of methoxy groups -OCH3 is 1. The number of imidazole rings is 1. The lowest BCUT2D eigenvalue weighted by atomic mass is 10.1. The van der Waals surface area contributed by atoms with E-state index in [9.17, 15) is 0 Å². The second kappa shape index (κ2) is 4.76. The van der Waals surface area contributed by atoms with Gasteiger partial charge < -0.3 is 9.72 Å². The average Bonchev–Trinajstić information content (AvgIpc) is 2.89. The second-order valence-electron chi connectivity index (χ2n) is 4.49. The number of fused-ring (bicyclic) bond motifs is 1. The topological polar surface area (TPSA) is 37.9 Å². The Bertz CT molecular complexity index is 716. The highest BCUT2D eigenvalue weighted by Crippen LogP contribution is 2.29. The van der Waals surface area contributed by atoms with E-state index in [1.807, 2.05) is 24.3 Å². The van der Waals surface area contributed by atoms with Crippen LogP contribution in [-0.4, -0.2) is 17.1 Å². The van der Waals surface area contributed by atoms with E-state index in [1.165, 1.54) is 5.56 Å². The van der Waals surface area contributed by atoms with Gasteiger partial charge in [0.1, 0.15) is 11.6 Å². The molecule has 0 fully saturated rings. The summed E-state index contributed by atoms with van der Waals surface area (Å²) in [7, 11) is 1.68. The minimum absolute atomic E-state index is 0.831. The number of ether oxygens (including phenoxy) is 1. The molecule has 0 bridgehead atoms. The monoisotopic (exact) mass is 252 g/mol. The Labute approximate surface area is 112 Å². The SMILES string of the molecule is CCc1ccc2nc(-c3ccccc3OC)[nH]c2c1. The Kier molecular flexibility index (Phi) is 2.95. The van der Waals surface area contributed by atoms with E-state index >= 15 is 0 Å². The quantitative estimate of drug-likeness (QED) is 0.770. The van der Waals surface area contributed by atoms with Gasteiger partial charge in [0.2, 0.25) is 0 Å².